The number of rotatable bonds is 2. The molecule has 3 fully saturated rings. The Morgan fingerprint density at radius 2 is 1.93 bits per heavy atom. The van der Waals surface area contributed by atoms with Crippen LogP contribution in [-0.2, 0) is 19.0 Å². The molecule has 8 nitrogen and oxygen atoms in total. The summed E-state index contributed by atoms with van der Waals surface area (Å²) < 4.78 is 22.6. The Balaban J connectivity index is 1.66. The summed E-state index contributed by atoms with van der Waals surface area (Å²) in [4.78, 5) is 29.0. The first-order valence-electron chi connectivity index (χ1n) is 9.40. The van der Waals surface area contributed by atoms with E-state index in [9.17, 15) is 9.59 Å². The maximum atomic E-state index is 13.0. The molecule has 4 rings (SSSR count). The van der Waals surface area contributed by atoms with Gasteiger partial charge < -0.3 is 23.8 Å². The van der Waals surface area contributed by atoms with Gasteiger partial charge in [-0.2, -0.15) is 0 Å². The Bertz CT molecular complexity index is 789. The van der Waals surface area contributed by atoms with Crippen molar-refractivity contribution in [1.29, 1.82) is 0 Å². The minimum Gasteiger partial charge on any atom is -0.497 e. The lowest BCUT2D eigenvalue weighted by molar-refractivity contribution is -0.155. The molecular weight excluding hydrogens is 364 g/mol. The molecule has 8 heteroatoms. The maximum Gasteiger partial charge on any atom is 0.413 e. The second kappa shape index (κ2) is 6.35. The van der Waals surface area contributed by atoms with Crippen LogP contribution in [-0.4, -0.2) is 66.7 Å². The lowest BCUT2D eigenvalue weighted by Crippen LogP contribution is -2.72. The number of anilines is 1. The van der Waals surface area contributed by atoms with Gasteiger partial charge in [0.25, 0.3) is 5.91 Å². The van der Waals surface area contributed by atoms with Crippen LogP contribution in [0.2, 0.25) is 0 Å². The average molecular weight is 390 g/mol. The van der Waals surface area contributed by atoms with Gasteiger partial charge in [-0.15, -0.1) is 0 Å². The summed E-state index contributed by atoms with van der Waals surface area (Å²) in [6, 6.07) is 6.56. The Hall–Kier alpha value is -2.32. The Morgan fingerprint density at radius 3 is 2.54 bits per heavy atom. The number of carbonyl (C=O) groups is 2. The molecule has 1 aromatic rings. The van der Waals surface area contributed by atoms with Crippen LogP contribution in [0.15, 0.2) is 24.3 Å². The summed E-state index contributed by atoms with van der Waals surface area (Å²) in [6.45, 7) is 7.70. The number of methoxy groups -OCH3 is 1. The number of β-lactam (4-membered cyclic amide) rings is 1. The molecule has 0 aromatic heterocycles. The SMILES string of the molecule is COc1ccc(N2C(=O)[C@H]3OC[C@@]4(C)OC[C@@H]([C@H]32)N4C(=O)OC(C)(C)C)cc1. The summed E-state index contributed by atoms with van der Waals surface area (Å²) in [5, 5.41) is 0. The van der Waals surface area contributed by atoms with E-state index in [2.05, 4.69) is 0 Å². The quantitative estimate of drug-likeness (QED) is 0.721. The number of hydrogen-bond acceptors (Lipinski definition) is 6. The standard InChI is InChI=1S/C20H26N2O6/c1-19(2,3)28-18(24)22-14-10-27-20(22,4)11-26-16-15(14)21(17(16)23)12-6-8-13(25-5)9-7-12/h6-9,14-16H,10-11H2,1-5H3/t14-,15+,16-,20+/m0/s1. The molecule has 0 spiro atoms. The third-order valence-corrected chi connectivity index (χ3v) is 5.36. The fourth-order valence-corrected chi connectivity index (χ4v) is 4.08. The van der Waals surface area contributed by atoms with Crippen LogP contribution in [0.25, 0.3) is 0 Å². The minimum absolute atomic E-state index is 0.115. The van der Waals surface area contributed by atoms with E-state index in [1.807, 2.05) is 32.9 Å². The van der Waals surface area contributed by atoms with E-state index in [1.165, 1.54) is 0 Å². The van der Waals surface area contributed by atoms with Gasteiger partial charge in [0.15, 0.2) is 11.8 Å². The zero-order valence-corrected chi connectivity index (χ0v) is 16.8. The number of carbonyl (C=O) groups excluding carboxylic acids is 2. The highest BCUT2D eigenvalue weighted by atomic mass is 16.6. The van der Waals surface area contributed by atoms with E-state index in [0.717, 1.165) is 5.69 Å². The van der Waals surface area contributed by atoms with Crippen LogP contribution in [0, 0.1) is 0 Å². The second-order valence-electron chi connectivity index (χ2n) is 8.53. The molecular formula is C20H26N2O6. The van der Waals surface area contributed by atoms with Gasteiger partial charge in [-0.05, 0) is 52.0 Å². The minimum atomic E-state index is -0.962. The second-order valence-corrected chi connectivity index (χ2v) is 8.53. The summed E-state index contributed by atoms with van der Waals surface area (Å²) >= 11 is 0. The Labute approximate surface area is 164 Å². The molecule has 0 radical (unpaired) electrons. The fourth-order valence-electron chi connectivity index (χ4n) is 4.08. The molecule has 3 heterocycles. The highest BCUT2D eigenvalue weighted by Crippen LogP contribution is 2.43. The van der Waals surface area contributed by atoms with Crippen molar-refractivity contribution in [2.45, 2.75) is 57.2 Å². The lowest BCUT2D eigenvalue weighted by atomic mass is 9.89. The van der Waals surface area contributed by atoms with Gasteiger partial charge in [0, 0.05) is 5.69 Å². The van der Waals surface area contributed by atoms with Gasteiger partial charge in [0.05, 0.1) is 32.4 Å². The Morgan fingerprint density at radius 1 is 1.25 bits per heavy atom. The van der Waals surface area contributed by atoms with Crippen molar-refractivity contribution in [2.24, 2.45) is 0 Å². The van der Waals surface area contributed by atoms with Crippen molar-refractivity contribution in [2.75, 3.05) is 25.2 Å². The van der Waals surface area contributed by atoms with E-state index in [4.69, 9.17) is 18.9 Å². The van der Waals surface area contributed by atoms with Gasteiger partial charge in [-0.3, -0.25) is 9.69 Å². The number of amides is 2. The van der Waals surface area contributed by atoms with Crippen LogP contribution < -0.4 is 9.64 Å². The first kappa shape index (κ1) is 19.0. The molecule has 3 saturated heterocycles. The summed E-state index contributed by atoms with van der Waals surface area (Å²) in [5.41, 5.74) is -0.865. The van der Waals surface area contributed by atoms with E-state index < -0.39 is 23.5 Å². The Kier molecular flexibility index (Phi) is 4.31. The van der Waals surface area contributed by atoms with Crippen molar-refractivity contribution in [3.63, 3.8) is 0 Å². The van der Waals surface area contributed by atoms with Gasteiger partial charge >= 0.3 is 6.09 Å². The van der Waals surface area contributed by atoms with Crippen molar-refractivity contribution in [3.05, 3.63) is 24.3 Å². The highest BCUT2D eigenvalue weighted by Gasteiger charge is 2.64. The number of ether oxygens (including phenoxy) is 4. The molecule has 0 saturated carbocycles. The molecule has 1 aromatic carbocycles. The van der Waals surface area contributed by atoms with E-state index >= 15 is 0 Å². The van der Waals surface area contributed by atoms with Gasteiger partial charge in [-0.25, -0.2) is 4.79 Å². The van der Waals surface area contributed by atoms with Gasteiger partial charge in [-0.1, -0.05) is 0 Å². The summed E-state index contributed by atoms with van der Waals surface area (Å²) in [6.07, 6.45) is -1.06. The first-order valence-corrected chi connectivity index (χ1v) is 9.40. The molecule has 0 aliphatic carbocycles. The monoisotopic (exact) mass is 390 g/mol. The van der Waals surface area contributed by atoms with Crippen molar-refractivity contribution >= 4 is 17.7 Å². The molecule has 3 aliphatic heterocycles. The first-order chi connectivity index (χ1) is 13.1. The third-order valence-electron chi connectivity index (χ3n) is 5.36. The van der Waals surface area contributed by atoms with Crippen LogP contribution in [0.5, 0.6) is 5.75 Å². The lowest BCUT2D eigenvalue weighted by Gasteiger charge is -2.49. The zero-order valence-electron chi connectivity index (χ0n) is 16.8. The van der Waals surface area contributed by atoms with Crippen LogP contribution in [0.1, 0.15) is 27.7 Å². The highest BCUT2D eigenvalue weighted by molar-refractivity contribution is 6.05. The topological polar surface area (TPSA) is 77.5 Å². The number of fused-ring (bicyclic) bond motifs is 4. The normalized spacial score (nSPS) is 31.8. The number of hydrogen-bond donors (Lipinski definition) is 0. The van der Waals surface area contributed by atoms with Crippen LogP contribution in [0.4, 0.5) is 10.5 Å². The molecule has 3 aliphatic rings. The molecule has 28 heavy (non-hydrogen) atoms. The zero-order chi connectivity index (χ0) is 20.3. The largest absolute Gasteiger partial charge is 0.497 e. The smallest absolute Gasteiger partial charge is 0.413 e. The third kappa shape index (κ3) is 2.91. The number of nitrogens with zero attached hydrogens (tertiary/aromatic N) is 2. The van der Waals surface area contributed by atoms with Gasteiger partial charge in [0.2, 0.25) is 0 Å². The van der Waals surface area contributed by atoms with E-state index in [0.29, 0.717) is 12.4 Å². The van der Waals surface area contributed by atoms with Crippen molar-refractivity contribution in [3.8, 4) is 5.75 Å². The molecule has 0 N–H and O–H groups in total. The summed E-state index contributed by atoms with van der Waals surface area (Å²) in [5.74, 6) is 0.591. The van der Waals surface area contributed by atoms with Crippen molar-refractivity contribution < 1.29 is 28.5 Å². The fraction of sp³-hybridized carbons (Fsp3) is 0.600. The van der Waals surface area contributed by atoms with Crippen molar-refractivity contribution in [1.82, 2.24) is 4.90 Å². The molecule has 4 atom stereocenters. The van der Waals surface area contributed by atoms with Crippen LogP contribution in [0.3, 0.4) is 0 Å². The molecule has 2 bridgehead atoms. The average Bonchev–Trinajstić information content (AvgIpc) is 2.89. The number of benzene rings is 1. The predicted octanol–water partition coefficient (Wildman–Crippen LogP) is 2.16. The van der Waals surface area contributed by atoms with Crippen LogP contribution >= 0.6 is 0 Å². The molecule has 2 amide bonds. The predicted molar refractivity (Wildman–Crippen MR) is 100 cm³/mol. The van der Waals surface area contributed by atoms with E-state index in [1.54, 1.807) is 36.0 Å². The maximum absolute atomic E-state index is 13.0. The van der Waals surface area contributed by atoms with E-state index in [-0.39, 0.29) is 24.6 Å². The molecule has 0 unspecified atom stereocenters. The van der Waals surface area contributed by atoms with Gasteiger partial charge in [0.1, 0.15) is 11.4 Å². The molecule has 152 valence electrons. The summed E-state index contributed by atoms with van der Waals surface area (Å²) in [7, 11) is 1.59.